The summed E-state index contributed by atoms with van der Waals surface area (Å²) >= 11 is 0. The molecule has 1 fully saturated rings. The number of carbonyl (C=O) groups excluding carboxylic acids is 1. The van der Waals surface area contributed by atoms with E-state index in [9.17, 15) is 28.6 Å². The van der Waals surface area contributed by atoms with Gasteiger partial charge >= 0.3 is 6.09 Å². The first-order valence-electron chi connectivity index (χ1n) is 11.1. The molecule has 1 saturated heterocycles. The van der Waals surface area contributed by atoms with E-state index < -0.39 is 41.8 Å². The second-order valence-corrected chi connectivity index (χ2v) is 8.24. The Bertz CT molecular complexity index is 986. The molecule has 1 aliphatic rings. The molecule has 1 aliphatic heterocycles. The summed E-state index contributed by atoms with van der Waals surface area (Å²) in [4.78, 5) is 25.0. The lowest BCUT2D eigenvalue weighted by molar-refractivity contribution is -0.126. The second kappa shape index (κ2) is 11.9. The van der Waals surface area contributed by atoms with Crippen molar-refractivity contribution in [3.8, 4) is 0 Å². The van der Waals surface area contributed by atoms with Gasteiger partial charge in [-0.05, 0) is 41.7 Å². The van der Waals surface area contributed by atoms with E-state index in [-0.39, 0.29) is 31.9 Å². The average molecular weight is 478 g/mol. The van der Waals surface area contributed by atoms with Crippen molar-refractivity contribution in [3.63, 3.8) is 0 Å². The fourth-order valence-corrected chi connectivity index (χ4v) is 3.86. The summed E-state index contributed by atoms with van der Waals surface area (Å²) in [6.45, 7) is 2.25. The predicted molar refractivity (Wildman–Crippen MR) is 120 cm³/mol. The van der Waals surface area contributed by atoms with Crippen LogP contribution in [0.5, 0.6) is 0 Å². The van der Waals surface area contributed by atoms with Gasteiger partial charge in [0.2, 0.25) is 5.91 Å². The Morgan fingerprint density at radius 2 is 1.85 bits per heavy atom. The summed E-state index contributed by atoms with van der Waals surface area (Å²) in [7, 11) is 0. The number of benzene rings is 2. The number of aliphatic hydroxyl groups excluding tert-OH is 1. The summed E-state index contributed by atoms with van der Waals surface area (Å²) in [5.74, 6) is -2.20. The Morgan fingerprint density at radius 1 is 1.15 bits per heavy atom. The van der Waals surface area contributed by atoms with Gasteiger partial charge in [0.05, 0.1) is 18.8 Å². The van der Waals surface area contributed by atoms with Crippen molar-refractivity contribution < 1.29 is 33.3 Å². The molecular formula is C24H29F2N3O5. The van der Waals surface area contributed by atoms with Crippen LogP contribution in [0.4, 0.5) is 13.6 Å². The maximum atomic E-state index is 13.7. The zero-order valence-electron chi connectivity index (χ0n) is 18.8. The number of hydrogen-bond donors (Lipinski definition) is 4. The Morgan fingerprint density at radius 3 is 2.53 bits per heavy atom. The van der Waals surface area contributed by atoms with Crippen molar-refractivity contribution in [2.45, 2.75) is 44.5 Å². The number of aryl methyl sites for hydroxylation is 1. The molecule has 0 spiro atoms. The highest BCUT2D eigenvalue weighted by molar-refractivity contribution is 5.86. The standard InChI is InChI=1S/C24H29F2N3O5/c1-2-15-4-3-5-16(6-15)11-27-12-22(30)20(9-17-7-18(25)10-19(26)8-17)28-23(31)21-13-34-14-29(21)24(32)33/h3-8,10,20-22,27,30H,2,9,11-14H2,1H3,(H,28,31)(H,32,33)/t20-,21+,22+/m0/s1. The predicted octanol–water partition coefficient (Wildman–Crippen LogP) is 2.04. The van der Waals surface area contributed by atoms with E-state index in [2.05, 4.69) is 23.6 Å². The molecule has 2 aromatic carbocycles. The van der Waals surface area contributed by atoms with Gasteiger partial charge in [0, 0.05) is 19.2 Å². The van der Waals surface area contributed by atoms with Crippen LogP contribution in [-0.4, -0.2) is 65.2 Å². The molecule has 10 heteroatoms. The SMILES string of the molecule is CCc1cccc(CNC[C@@H](O)[C@H](Cc2cc(F)cc(F)c2)NC(=O)[C@H]2COCN2C(=O)O)c1. The molecule has 8 nitrogen and oxygen atoms in total. The summed E-state index contributed by atoms with van der Waals surface area (Å²) in [6.07, 6.45) is -1.59. The number of rotatable bonds is 10. The third-order valence-corrected chi connectivity index (χ3v) is 5.68. The number of ether oxygens (including phenoxy) is 1. The van der Waals surface area contributed by atoms with Crippen molar-refractivity contribution in [1.82, 2.24) is 15.5 Å². The highest BCUT2D eigenvalue weighted by atomic mass is 19.1. The van der Waals surface area contributed by atoms with Crippen LogP contribution in [0, 0.1) is 11.6 Å². The summed E-state index contributed by atoms with van der Waals surface area (Å²) < 4.78 is 32.5. The number of nitrogens with one attached hydrogen (secondary N) is 2. The number of aliphatic hydroxyl groups is 1. The third kappa shape index (κ3) is 6.96. The zero-order valence-corrected chi connectivity index (χ0v) is 18.8. The highest BCUT2D eigenvalue weighted by Gasteiger charge is 2.36. The second-order valence-electron chi connectivity index (χ2n) is 8.24. The number of hydrogen-bond acceptors (Lipinski definition) is 5. The fraction of sp³-hybridized carbons (Fsp3) is 0.417. The van der Waals surface area contributed by atoms with Crippen molar-refractivity contribution in [1.29, 1.82) is 0 Å². The molecular weight excluding hydrogens is 448 g/mol. The molecule has 3 rings (SSSR count). The van der Waals surface area contributed by atoms with E-state index in [1.807, 2.05) is 18.2 Å². The van der Waals surface area contributed by atoms with Gasteiger partial charge in [-0.15, -0.1) is 0 Å². The zero-order chi connectivity index (χ0) is 24.7. The van der Waals surface area contributed by atoms with Gasteiger partial charge < -0.3 is 25.6 Å². The average Bonchev–Trinajstić information content (AvgIpc) is 3.28. The van der Waals surface area contributed by atoms with Crippen LogP contribution < -0.4 is 10.6 Å². The molecule has 1 heterocycles. The lowest BCUT2D eigenvalue weighted by Crippen LogP contribution is -2.54. The van der Waals surface area contributed by atoms with Crippen molar-refractivity contribution in [3.05, 3.63) is 70.8 Å². The molecule has 0 aromatic heterocycles. The van der Waals surface area contributed by atoms with Gasteiger partial charge in [0.15, 0.2) is 0 Å². The number of carboxylic acid groups (broad SMARTS) is 1. The van der Waals surface area contributed by atoms with Gasteiger partial charge in [-0.3, -0.25) is 9.69 Å². The molecule has 2 aromatic rings. The summed E-state index contributed by atoms with van der Waals surface area (Å²) in [5, 5.41) is 25.9. The van der Waals surface area contributed by atoms with Crippen LogP contribution in [0.2, 0.25) is 0 Å². The molecule has 0 radical (unpaired) electrons. The van der Waals surface area contributed by atoms with Gasteiger partial charge in [-0.1, -0.05) is 31.2 Å². The minimum absolute atomic E-state index is 0.0603. The first-order chi connectivity index (χ1) is 16.3. The largest absolute Gasteiger partial charge is 0.465 e. The molecule has 3 atom stereocenters. The van der Waals surface area contributed by atoms with E-state index >= 15 is 0 Å². The van der Waals surface area contributed by atoms with Crippen molar-refractivity contribution in [2.75, 3.05) is 19.9 Å². The van der Waals surface area contributed by atoms with Gasteiger partial charge in [-0.2, -0.15) is 0 Å². The Kier molecular flexibility index (Phi) is 8.91. The maximum Gasteiger partial charge on any atom is 0.409 e. The van der Waals surface area contributed by atoms with E-state index in [0.717, 1.165) is 35.1 Å². The van der Waals surface area contributed by atoms with E-state index in [1.54, 1.807) is 0 Å². The molecule has 184 valence electrons. The first kappa shape index (κ1) is 25.5. The molecule has 0 bridgehead atoms. The minimum atomic E-state index is -1.31. The molecule has 34 heavy (non-hydrogen) atoms. The van der Waals surface area contributed by atoms with Crippen LogP contribution in [0.1, 0.15) is 23.6 Å². The van der Waals surface area contributed by atoms with Gasteiger partial charge in [0.25, 0.3) is 0 Å². The molecule has 2 amide bonds. The quantitative estimate of drug-likeness (QED) is 0.417. The topological polar surface area (TPSA) is 111 Å². The van der Waals surface area contributed by atoms with E-state index in [0.29, 0.717) is 6.54 Å². The van der Waals surface area contributed by atoms with Crippen LogP contribution in [-0.2, 0) is 28.9 Å². The minimum Gasteiger partial charge on any atom is -0.465 e. The maximum absolute atomic E-state index is 13.7. The lowest BCUT2D eigenvalue weighted by atomic mass is 10.00. The van der Waals surface area contributed by atoms with Crippen molar-refractivity contribution in [2.24, 2.45) is 0 Å². The van der Waals surface area contributed by atoms with Gasteiger partial charge in [-0.25, -0.2) is 13.6 Å². The van der Waals surface area contributed by atoms with Crippen LogP contribution in [0.3, 0.4) is 0 Å². The molecule has 0 unspecified atom stereocenters. The molecule has 4 N–H and O–H groups in total. The Balaban J connectivity index is 1.69. The van der Waals surface area contributed by atoms with Gasteiger partial charge in [0.1, 0.15) is 24.4 Å². The number of amides is 2. The smallest absolute Gasteiger partial charge is 0.409 e. The van der Waals surface area contributed by atoms with E-state index in [4.69, 9.17) is 4.74 Å². The summed E-state index contributed by atoms with van der Waals surface area (Å²) in [5.41, 5.74) is 2.45. The van der Waals surface area contributed by atoms with Crippen LogP contribution >= 0.6 is 0 Å². The number of halogens is 2. The van der Waals surface area contributed by atoms with Crippen molar-refractivity contribution >= 4 is 12.0 Å². The van der Waals surface area contributed by atoms with Crippen LogP contribution in [0.25, 0.3) is 0 Å². The lowest BCUT2D eigenvalue weighted by Gasteiger charge is -2.27. The monoisotopic (exact) mass is 477 g/mol. The Labute approximate surface area is 196 Å². The number of nitrogens with zero attached hydrogens (tertiary/aromatic N) is 1. The molecule has 0 aliphatic carbocycles. The highest BCUT2D eigenvalue weighted by Crippen LogP contribution is 2.15. The first-order valence-corrected chi connectivity index (χ1v) is 11.1. The number of carbonyl (C=O) groups is 2. The van der Waals surface area contributed by atoms with Crippen LogP contribution in [0.15, 0.2) is 42.5 Å². The normalized spacial score (nSPS) is 17.4. The summed E-state index contributed by atoms with van der Waals surface area (Å²) in [6, 6.07) is 8.95. The molecule has 0 saturated carbocycles. The Hall–Kier alpha value is -3.08. The fourth-order valence-electron chi connectivity index (χ4n) is 3.86. The van der Waals surface area contributed by atoms with E-state index in [1.165, 1.54) is 5.56 Å². The third-order valence-electron chi connectivity index (χ3n) is 5.68.